The molecule has 0 fully saturated rings. The van der Waals surface area contributed by atoms with E-state index in [9.17, 15) is 4.39 Å². The monoisotopic (exact) mass is 356 g/mol. The number of aryl methyl sites for hydroxylation is 2. The predicted molar refractivity (Wildman–Crippen MR) is 84.3 cm³/mol. The summed E-state index contributed by atoms with van der Waals surface area (Å²) < 4.78 is 18.8. The number of hydrogen-bond acceptors (Lipinski definition) is 1. The van der Waals surface area contributed by atoms with Crippen LogP contribution in [-0.2, 0) is 11.9 Å². The van der Waals surface area contributed by atoms with Gasteiger partial charge in [0, 0.05) is 10.9 Å². The molecule has 0 atom stereocenters. The average molecular weight is 358 g/mol. The van der Waals surface area contributed by atoms with Gasteiger partial charge in [0.25, 0.3) is 0 Å². The van der Waals surface area contributed by atoms with Gasteiger partial charge in [-0.1, -0.05) is 45.7 Å². The molecule has 106 valence electrons. The predicted octanol–water partition coefficient (Wildman–Crippen LogP) is 5.57. The molecule has 0 N–H and O–H groups in total. The maximum absolute atomic E-state index is 13.0. The molecule has 20 heavy (non-hydrogen) atoms. The van der Waals surface area contributed by atoms with Gasteiger partial charge in [0.2, 0.25) is 0 Å². The fourth-order valence-electron chi connectivity index (χ4n) is 2.13. The van der Waals surface area contributed by atoms with Crippen LogP contribution in [0.15, 0.2) is 30.3 Å². The van der Waals surface area contributed by atoms with Gasteiger partial charge in [-0.05, 0) is 42.7 Å². The van der Waals surface area contributed by atoms with E-state index in [-0.39, 0.29) is 5.82 Å². The standard InChI is InChI=1S/C16H15BrClFO/c1-10-5-12(8-17)6-11(2)16(10)20-9-13-3-4-14(19)7-15(13)18/h3-7H,8-9H2,1-2H3. The van der Waals surface area contributed by atoms with Gasteiger partial charge >= 0.3 is 0 Å². The molecule has 0 aliphatic carbocycles. The second-order valence-corrected chi connectivity index (χ2v) is 5.68. The molecule has 0 saturated heterocycles. The number of halogens is 3. The minimum absolute atomic E-state index is 0.328. The summed E-state index contributed by atoms with van der Waals surface area (Å²) >= 11 is 9.45. The van der Waals surface area contributed by atoms with E-state index in [0.29, 0.717) is 11.6 Å². The zero-order chi connectivity index (χ0) is 14.7. The Bertz CT molecular complexity index is 605. The topological polar surface area (TPSA) is 9.23 Å². The van der Waals surface area contributed by atoms with Crippen molar-refractivity contribution in [1.82, 2.24) is 0 Å². The lowest BCUT2D eigenvalue weighted by Crippen LogP contribution is -2.00. The zero-order valence-corrected chi connectivity index (χ0v) is 13.7. The van der Waals surface area contributed by atoms with E-state index < -0.39 is 0 Å². The van der Waals surface area contributed by atoms with Crippen LogP contribution in [0.5, 0.6) is 5.75 Å². The van der Waals surface area contributed by atoms with Crippen LogP contribution in [0.1, 0.15) is 22.3 Å². The van der Waals surface area contributed by atoms with Crippen molar-refractivity contribution in [2.75, 3.05) is 0 Å². The quantitative estimate of drug-likeness (QED) is 0.650. The number of hydrogen-bond donors (Lipinski definition) is 0. The second-order valence-electron chi connectivity index (χ2n) is 4.72. The molecule has 0 saturated carbocycles. The highest BCUT2D eigenvalue weighted by Gasteiger charge is 2.08. The van der Waals surface area contributed by atoms with Gasteiger partial charge in [0.15, 0.2) is 0 Å². The molecule has 0 radical (unpaired) electrons. The summed E-state index contributed by atoms with van der Waals surface area (Å²) in [6.07, 6.45) is 0. The Kier molecular flexibility index (Phi) is 5.06. The van der Waals surface area contributed by atoms with Crippen LogP contribution in [0.4, 0.5) is 4.39 Å². The lowest BCUT2D eigenvalue weighted by Gasteiger charge is -2.14. The normalized spacial score (nSPS) is 10.7. The molecule has 0 aromatic heterocycles. The minimum Gasteiger partial charge on any atom is -0.488 e. The van der Waals surface area contributed by atoms with Crippen LogP contribution in [-0.4, -0.2) is 0 Å². The highest BCUT2D eigenvalue weighted by atomic mass is 79.9. The van der Waals surface area contributed by atoms with Crippen LogP contribution in [0.25, 0.3) is 0 Å². The fraction of sp³-hybridized carbons (Fsp3) is 0.250. The summed E-state index contributed by atoms with van der Waals surface area (Å²) in [5.74, 6) is 0.517. The Labute approximate surface area is 131 Å². The summed E-state index contributed by atoms with van der Waals surface area (Å²) in [6.45, 7) is 4.36. The molecule has 0 bridgehead atoms. The van der Waals surface area contributed by atoms with Crippen LogP contribution in [0.2, 0.25) is 5.02 Å². The molecule has 4 heteroatoms. The molecule has 0 aliphatic rings. The maximum Gasteiger partial charge on any atom is 0.125 e. The van der Waals surface area contributed by atoms with E-state index in [1.165, 1.54) is 17.7 Å². The maximum atomic E-state index is 13.0. The SMILES string of the molecule is Cc1cc(CBr)cc(C)c1OCc1ccc(F)cc1Cl. The number of rotatable bonds is 4. The van der Waals surface area contributed by atoms with Gasteiger partial charge in [-0.25, -0.2) is 4.39 Å². The molecule has 2 aromatic carbocycles. The molecule has 0 heterocycles. The van der Waals surface area contributed by atoms with E-state index in [1.807, 2.05) is 13.8 Å². The van der Waals surface area contributed by atoms with Crippen molar-refractivity contribution in [3.8, 4) is 5.75 Å². The zero-order valence-electron chi connectivity index (χ0n) is 11.3. The van der Waals surface area contributed by atoms with E-state index in [2.05, 4.69) is 28.1 Å². The average Bonchev–Trinajstić information content (AvgIpc) is 2.39. The largest absolute Gasteiger partial charge is 0.488 e. The van der Waals surface area contributed by atoms with Crippen molar-refractivity contribution >= 4 is 27.5 Å². The van der Waals surface area contributed by atoms with Gasteiger partial charge in [-0.15, -0.1) is 0 Å². The first-order chi connectivity index (χ1) is 9.51. The third kappa shape index (κ3) is 3.53. The molecule has 2 aromatic rings. The van der Waals surface area contributed by atoms with Crippen LogP contribution < -0.4 is 4.74 Å². The third-order valence-corrected chi connectivity index (χ3v) is 4.06. The van der Waals surface area contributed by atoms with Crippen molar-refractivity contribution in [3.05, 3.63) is 63.4 Å². The number of alkyl halides is 1. The molecular formula is C16H15BrClFO. The first-order valence-corrected chi connectivity index (χ1v) is 7.74. The Morgan fingerprint density at radius 1 is 1.15 bits per heavy atom. The Balaban J connectivity index is 2.19. The van der Waals surface area contributed by atoms with Gasteiger partial charge < -0.3 is 4.74 Å². The summed E-state index contributed by atoms with van der Waals surface area (Å²) in [6, 6.07) is 8.51. The van der Waals surface area contributed by atoms with Gasteiger partial charge in [-0.3, -0.25) is 0 Å². The molecule has 1 nitrogen and oxygen atoms in total. The van der Waals surface area contributed by atoms with Gasteiger partial charge in [-0.2, -0.15) is 0 Å². The molecule has 0 aliphatic heterocycles. The van der Waals surface area contributed by atoms with E-state index in [4.69, 9.17) is 16.3 Å². The molecular weight excluding hydrogens is 343 g/mol. The Morgan fingerprint density at radius 2 is 1.80 bits per heavy atom. The molecule has 2 rings (SSSR count). The van der Waals surface area contributed by atoms with Gasteiger partial charge in [0.1, 0.15) is 18.2 Å². The van der Waals surface area contributed by atoms with Crippen molar-refractivity contribution in [2.24, 2.45) is 0 Å². The first kappa shape index (κ1) is 15.3. The van der Waals surface area contributed by atoms with Crippen LogP contribution >= 0.6 is 27.5 Å². The Hall–Kier alpha value is -1.06. The highest BCUT2D eigenvalue weighted by Crippen LogP contribution is 2.27. The van der Waals surface area contributed by atoms with Crippen molar-refractivity contribution < 1.29 is 9.13 Å². The number of ether oxygens (including phenoxy) is 1. The Morgan fingerprint density at radius 3 is 2.35 bits per heavy atom. The van der Waals surface area contributed by atoms with Crippen molar-refractivity contribution in [3.63, 3.8) is 0 Å². The van der Waals surface area contributed by atoms with Crippen LogP contribution in [0.3, 0.4) is 0 Å². The van der Waals surface area contributed by atoms with E-state index >= 15 is 0 Å². The minimum atomic E-state index is -0.340. The van der Waals surface area contributed by atoms with Crippen molar-refractivity contribution in [2.45, 2.75) is 25.8 Å². The van der Waals surface area contributed by atoms with Gasteiger partial charge in [0.05, 0.1) is 5.02 Å². The summed E-state index contributed by atoms with van der Waals surface area (Å²) in [7, 11) is 0. The molecule has 0 amide bonds. The number of benzene rings is 2. The molecule has 0 unspecified atom stereocenters. The lowest BCUT2D eigenvalue weighted by atomic mass is 10.1. The van der Waals surface area contributed by atoms with Crippen molar-refractivity contribution in [1.29, 1.82) is 0 Å². The lowest BCUT2D eigenvalue weighted by molar-refractivity contribution is 0.302. The summed E-state index contributed by atoms with van der Waals surface area (Å²) in [5, 5.41) is 1.20. The third-order valence-electron chi connectivity index (χ3n) is 3.06. The second kappa shape index (κ2) is 6.59. The van der Waals surface area contributed by atoms with E-state index in [0.717, 1.165) is 27.8 Å². The van der Waals surface area contributed by atoms with Crippen LogP contribution in [0, 0.1) is 19.7 Å². The summed E-state index contributed by atoms with van der Waals surface area (Å²) in [5.41, 5.74) is 4.15. The fourth-order valence-corrected chi connectivity index (χ4v) is 2.68. The highest BCUT2D eigenvalue weighted by molar-refractivity contribution is 9.08. The first-order valence-electron chi connectivity index (χ1n) is 6.24. The summed E-state index contributed by atoms with van der Waals surface area (Å²) in [4.78, 5) is 0. The van der Waals surface area contributed by atoms with E-state index in [1.54, 1.807) is 6.07 Å². The smallest absolute Gasteiger partial charge is 0.125 e. The molecule has 0 spiro atoms.